The summed E-state index contributed by atoms with van der Waals surface area (Å²) in [7, 11) is 0. The zero-order valence-electron chi connectivity index (χ0n) is 17.9. The molecule has 2 aromatic rings. The number of carbonyl (C=O) groups is 3. The second-order valence-corrected chi connectivity index (χ2v) is 9.57. The Kier molecular flexibility index (Phi) is 6.71. The predicted octanol–water partition coefficient (Wildman–Crippen LogP) is 3.97. The summed E-state index contributed by atoms with van der Waals surface area (Å²) in [5.74, 6) is 0.187. The topological polar surface area (TPSA) is 91.1 Å². The summed E-state index contributed by atoms with van der Waals surface area (Å²) >= 11 is 1.62. The van der Waals surface area contributed by atoms with E-state index in [1.54, 1.807) is 18.7 Å². The van der Waals surface area contributed by atoms with Crippen LogP contribution in [0, 0.1) is 12.3 Å². The van der Waals surface area contributed by atoms with Crippen molar-refractivity contribution in [3.05, 3.63) is 52.8 Å². The Morgan fingerprint density at radius 3 is 2.57 bits per heavy atom. The number of hydrogen-bond donors (Lipinski definition) is 3. The van der Waals surface area contributed by atoms with Crippen LogP contribution in [0.25, 0.3) is 0 Å². The van der Waals surface area contributed by atoms with Crippen molar-refractivity contribution < 1.29 is 14.4 Å². The van der Waals surface area contributed by atoms with Crippen molar-refractivity contribution in [1.29, 1.82) is 0 Å². The molecule has 160 valence electrons. The fourth-order valence-corrected chi connectivity index (χ4v) is 4.42. The number of Topliss-reactive ketones (excluding diaryl/α,β-unsaturated/α-hetero) is 1. The van der Waals surface area contributed by atoms with Crippen LogP contribution in [0.2, 0.25) is 0 Å². The number of ketones is 1. The van der Waals surface area contributed by atoms with Gasteiger partial charge in [0.25, 0.3) is 5.91 Å². The van der Waals surface area contributed by atoms with Gasteiger partial charge in [-0.25, -0.2) is 0 Å². The molecule has 1 aromatic heterocycles. The van der Waals surface area contributed by atoms with Crippen LogP contribution in [-0.2, 0) is 11.2 Å². The second kappa shape index (κ2) is 9.08. The van der Waals surface area contributed by atoms with Crippen LogP contribution in [0.1, 0.15) is 58.8 Å². The predicted molar refractivity (Wildman–Crippen MR) is 121 cm³/mol. The number of amides is 2. The number of H-pyrrole nitrogens is 1. The van der Waals surface area contributed by atoms with Gasteiger partial charge in [0.15, 0.2) is 5.78 Å². The summed E-state index contributed by atoms with van der Waals surface area (Å²) in [6.07, 6.45) is 3.66. The van der Waals surface area contributed by atoms with Crippen molar-refractivity contribution >= 4 is 35.0 Å². The molecule has 1 heterocycles. The Balaban J connectivity index is 1.79. The first-order valence-corrected chi connectivity index (χ1v) is 11.5. The highest BCUT2D eigenvalue weighted by atomic mass is 32.2. The third-order valence-corrected chi connectivity index (χ3v) is 6.05. The van der Waals surface area contributed by atoms with Crippen LogP contribution < -0.4 is 10.6 Å². The van der Waals surface area contributed by atoms with E-state index in [-0.39, 0.29) is 23.0 Å². The fourth-order valence-electron chi connectivity index (χ4n) is 3.95. The van der Waals surface area contributed by atoms with Gasteiger partial charge in [-0.3, -0.25) is 14.4 Å². The monoisotopic (exact) mass is 427 g/mol. The van der Waals surface area contributed by atoms with Gasteiger partial charge >= 0.3 is 0 Å². The van der Waals surface area contributed by atoms with Gasteiger partial charge in [-0.15, -0.1) is 0 Å². The molecule has 3 N–H and O–H groups in total. The first-order valence-electron chi connectivity index (χ1n) is 10.1. The molecule has 1 atom stereocenters. The smallest absolute Gasteiger partial charge is 0.268 e. The van der Waals surface area contributed by atoms with Gasteiger partial charge in [-0.2, -0.15) is 11.8 Å². The zero-order chi connectivity index (χ0) is 21.9. The van der Waals surface area contributed by atoms with Gasteiger partial charge in [0.2, 0.25) is 5.91 Å². The van der Waals surface area contributed by atoms with Crippen LogP contribution in [-0.4, -0.2) is 40.6 Å². The molecule has 0 bridgehead atoms. The molecule has 0 saturated carbocycles. The number of benzene rings is 1. The Bertz CT molecular complexity index is 950. The fraction of sp³-hybridized carbons (Fsp3) is 0.435. The van der Waals surface area contributed by atoms with Crippen LogP contribution in [0.5, 0.6) is 0 Å². The lowest BCUT2D eigenvalue weighted by atomic mass is 9.75. The van der Waals surface area contributed by atoms with E-state index in [2.05, 4.69) is 29.5 Å². The number of thioether (sulfide) groups is 1. The number of hydrogen-bond acceptors (Lipinski definition) is 4. The summed E-state index contributed by atoms with van der Waals surface area (Å²) in [6, 6.07) is 8.51. The molecule has 3 rings (SSSR count). The van der Waals surface area contributed by atoms with E-state index in [0.717, 1.165) is 11.4 Å². The quantitative estimate of drug-likeness (QED) is 0.624. The standard InChI is InChI=1S/C23H29N3O3S/c1-14-19-17(12-23(2,3)13-18(19)27)25-20(14)22(29)26-16(10-11-30-4)21(28)24-15-8-6-5-7-9-15/h5-9,16,25H,10-13H2,1-4H3,(H,24,28)(H,26,29)/t16-/m0/s1. The van der Waals surface area contributed by atoms with Crippen molar-refractivity contribution in [2.45, 2.75) is 46.1 Å². The minimum atomic E-state index is -0.669. The maximum Gasteiger partial charge on any atom is 0.268 e. The first kappa shape index (κ1) is 22.2. The maximum absolute atomic E-state index is 13.0. The summed E-state index contributed by atoms with van der Waals surface area (Å²) < 4.78 is 0. The molecule has 2 amide bonds. The molecular weight excluding hydrogens is 398 g/mol. The van der Waals surface area contributed by atoms with E-state index < -0.39 is 6.04 Å². The average Bonchev–Trinajstić information content (AvgIpc) is 3.01. The molecule has 0 unspecified atom stereocenters. The SMILES string of the molecule is CSCC[C@H](NC(=O)c1[nH]c2c(c1C)C(=O)CC(C)(C)C2)C(=O)Nc1ccccc1. The highest BCUT2D eigenvalue weighted by molar-refractivity contribution is 7.98. The number of aromatic amines is 1. The number of carbonyl (C=O) groups excluding carboxylic acids is 3. The van der Waals surface area contributed by atoms with Crippen LogP contribution in [0.15, 0.2) is 30.3 Å². The molecule has 1 aliphatic rings. The van der Waals surface area contributed by atoms with Gasteiger partial charge in [0, 0.05) is 23.4 Å². The van der Waals surface area contributed by atoms with Crippen molar-refractivity contribution in [3.63, 3.8) is 0 Å². The molecule has 0 aliphatic heterocycles. The molecular formula is C23H29N3O3S. The zero-order valence-corrected chi connectivity index (χ0v) is 18.7. The Morgan fingerprint density at radius 1 is 1.20 bits per heavy atom. The minimum Gasteiger partial charge on any atom is -0.354 e. The van der Waals surface area contributed by atoms with Crippen molar-refractivity contribution in [2.24, 2.45) is 5.41 Å². The number of nitrogens with one attached hydrogen (secondary N) is 3. The Morgan fingerprint density at radius 2 is 1.90 bits per heavy atom. The number of anilines is 1. The molecule has 0 saturated heterocycles. The third-order valence-electron chi connectivity index (χ3n) is 5.40. The lowest BCUT2D eigenvalue weighted by Crippen LogP contribution is -2.44. The number of para-hydroxylation sites is 1. The molecule has 7 heteroatoms. The second-order valence-electron chi connectivity index (χ2n) is 8.58. The largest absolute Gasteiger partial charge is 0.354 e. The van der Waals surface area contributed by atoms with Crippen LogP contribution in [0.3, 0.4) is 0 Å². The van der Waals surface area contributed by atoms with Gasteiger partial charge in [-0.1, -0.05) is 32.0 Å². The van der Waals surface area contributed by atoms with Crippen molar-refractivity contribution in [3.8, 4) is 0 Å². The molecule has 0 spiro atoms. The van der Waals surface area contributed by atoms with Gasteiger partial charge in [0.1, 0.15) is 11.7 Å². The number of rotatable bonds is 7. The van der Waals surface area contributed by atoms with E-state index >= 15 is 0 Å². The summed E-state index contributed by atoms with van der Waals surface area (Å²) in [6.45, 7) is 5.90. The molecule has 1 aromatic carbocycles. The summed E-state index contributed by atoms with van der Waals surface area (Å²) in [5.41, 5.74) is 3.03. The molecule has 0 fully saturated rings. The lowest BCUT2D eigenvalue weighted by molar-refractivity contribution is -0.118. The molecule has 6 nitrogen and oxygen atoms in total. The highest BCUT2D eigenvalue weighted by Gasteiger charge is 2.35. The third kappa shape index (κ3) is 4.95. The highest BCUT2D eigenvalue weighted by Crippen LogP contribution is 2.36. The molecule has 0 radical (unpaired) electrons. The first-order chi connectivity index (χ1) is 14.2. The molecule has 30 heavy (non-hydrogen) atoms. The lowest BCUT2D eigenvalue weighted by Gasteiger charge is -2.28. The average molecular weight is 428 g/mol. The number of aromatic nitrogens is 1. The van der Waals surface area contributed by atoms with E-state index in [9.17, 15) is 14.4 Å². The summed E-state index contributed by atoms with van der Waals surface area (Å²) in [5, 5.41) is 5.73. The maximum atomic E-state index is 13.0. The van der Waals surface area contributed by atoms with E-state index in [0.29, 0.717) is 41.8 Å². The van der Waals surface area contributed by atoms with Gasteiger partial charge in [-0.05, 0) is 54.9 Å². The Hall–Kier alpha value is -2.54. The van der Waals surface area contributed by atoms with Crippen LogP contribution >= 0.6 is 11.8 Å². The van der Waals surface area contributed by atoms with E-state index in [1.165, 1.54) is 0 Å². The number of fused-ring (bicyclic) bond motifs is 1. The van der Waals surface area contributed by atoms with Crippen molar-refractivity contribution in [1.82, 2.24) is 10.3 Å². The van der Waals surface area contributed by atoms with Gasteiger partial charge < -0.3 is 15.6 Å². The minimum absolute atomic E-state index is 0.0646. The molecule has 1 aliphatic carbocycles. The Labute approximate surface area is 181 Å². The normalized spacial score (nSPS) is 15.9. The van der Waals surface area contributed by atoms with Gasteiger partial charge in [0.05, 0.1) is 0 Å². The van der Waals surface area contributed by atoms with E-state index in [1.807, 2.05) is 36.6 Å². The van der Waals surface area contributed by atoms with Crippen molar-refractivity contribution in [2.75, 3.05) is 17.3 Å². The summed E-state index contributed by atoms with van der Waals surface area (Å²) in [4.78, 5) is 41.6. The van der Waals surface area contributed by atoms with E-state index in [4.69, 9.17) is 0 Å². The van der Waals surface area contributed by atoms with Crippen LogP contribution in [0.4, 0.5) is 5.69 Å².